The van der Waals surface area contributed by atoms with Crippen LogP contribution in [0.5, 0.6) is 0 Å². The molecule has 90 valence electrons. The fourth-order valence-electron chi connectivity index (χ4n) is 1.52. The zero-order valence-electron chi connectivity index (χ0n) is 10.6. The minimum absolute atomic E-state index is 0.120. The van der Waals surface area contributed by atoms with E-state index in [0.29, 0.717) is 5.25 Å². The molecule has 0 bridgehead atoms. The van der Waals surface area contributed by atoms with Crippen molar-refractivity contribution < 1.29 is 4.39 Å². The molecule has 0 spiro atoms. The lowest BCUT2D eigenvalue weighted by Crippen LogP contribution is -2.14. The summed E-state index contributed by atoms with van der Waals surface area (Å²) >= 11 is 1.78. The van der Waals surface area contributed by atoms with Crippen molar-refractivity contribution in [3.05, 3.63) is 29.1 Å². The normalized spacial score (nSPS) is 13.2. The summed E-state index contributed by atoms with van der Waals surface area (Å²) in [5.41, 5.74) is 1.76. The van der Waals surface area contributed by atoms with Crippen LogP contribution in [0.1, 0.15) is 37.9 Å². The average Bonchev–Trinajstić information content (AvgIpc) is 2.21. The molecule has 0 amide bonds. The fraction of sp³-hybridized carbons (Fsp3) is 0.538. The molecule has 1 atom stereocenters. The topological polar surface area (TPSA) is 12.0 Å². The van der Waals surface area contributed by atoms with Gasteiger partial charge in [0.05, 0.1) is 0 Å². The van der Waals surface area contributed by atoms with Crippen LogP contribution in [0.25, 0.3) is 0 Å². The van der Waals surface area contributed by atoms with Crippen molar-refractivity contribution in [3.8, 4) is 0 Å². The van der Waals surface area contributed by atoms with Gasteiger partial charge in [-0.25, -0.2) is 4.39 Å². The van der Waals surface area contributed by atoms with Crippen molar-refractivity contribution in [1.82, 2.24) is 5.32 Å². The van der Waals surface area contributed by atoms with Crippen LogP contribution in [0.15, 0.2) is 17.0 Å². The summed E-state index contributed by atoms with van der Waals surface area (Å²) in [6.45, 7) is 8.16. The van der Waals surface area contributed by atoms with Crippen LogP contribution in [-0.2, 0) is 0 Å². The van der Waals surface area contributed by atoms with Crippen LogP contribution in [0.2, 0.25) is 0 Å². The lowest BCUT2D eigenvalue weighted by molar-refractivity contribution is 0.594. The van der Waals surface area contributed by atoms with E-state index in [1.165, 1.54) is 4.90 Å². The Labute approximate surface area is 102 Å². The van der Waals surface area contributed by atoms with E-state index in [9.17, 15) is 4.39 Å². The van der Waals surface area contributed by atoms with Gasteiger partial charge in [0.25, 0.3) is 0 Å². The van der Waals surface area contributed by atoms with Gasteiger partial charge in [0, 0.05) is 16.2 Å². The number of aryl methyl sites for hydroxylation is 1. The first-order valence-electron chi connectivity index (χ1n) is 5.59. The van der Waals surface area contributed by atoms with Gasteiger partial charge in [0.2, 0.25) is 0 Å². The Kier molecular flexibility index (Phi) is 4.81. The summed E-state index contributed by atoms with van der Waals surface area (Å²) < 4.78 is 13.6. The highest BCUT2D eigenvalue weighted by Gasteiger charge is 2.13. The second-order valence-electron chi connectivity index (χ2n) is 4.32. The van der Waals surface area contributed by atoms with Gasteiger partial charge in [-0.1, -0.05) is 13.8 Å². The van der Waals surface area contributed by atoms with Gasteiger partial charge in [-0.15, -0.1) is 11.8 Å². The third-order valence-corrected chi connectivity index (χ3v) is 3.63. The van der Waals surface area contributed by atoms with Gasteiger partial charge in [0.1, 0.15) is 5.82 Å². The molecule has 1 nitrogen and oxygen atoms in total. The third kappa shape index (κ3) is 3.22. The van der Waals surface area contributed by atoms with Gasteiger partial charge in [0.15, 0.2) is 0 Å². The SMILES string of the molecule is CNC(C)c1cc(F)c(C)cc1SC(C)C. The number of benzene rings is 1. The standard InChI is InChI=1S/C13H20FNS/c1-8(2)16-13-6-9(3)12(14)7-11(13)10(4)15-5/h6-8,10,15H,1-5H3. The molecule has 0 saturated heterocycles. The highest BCUT2D eigenvalue weighted by atomic mass is 32.2. The Bertz CT molecular complexity index is 363. The van der Waals surface area contributed by atoms with Crippen LogP contribution in [-0.4, -0.2) is 12.3 Å². The van der Waals surface area contributed by atoms with E-state index in [-0.39, 0.29) is 11.9 Å². The summed E-state index contributed by atoms with van der Waals surface area (Å²) in [4.78, 5) is 1.18. The lowest BCUT2D eigenvalue weighted by Gasteiger charge is -2.18. The van der Waals surface area contributed by atoms with Crippen molar-refractivity contribution in [3.63, 3.8) is 0 Å². The molecular formula is C13H20FNS. The Balaban J connectivity index is 3.16. The maximum atomic E-state index is 13.6. The molecule has 1 N–H and O–H groups in total. The first-order chi connectivity index (χ1) is 7.45. The molecule has 16 heavy (non-hydrogen) atoms. The molecule has 0 radical (unpaired) electrons. The minimum atomic E-state index is -0.120. The van der Waals surface area contributed by atoms with E-state index in [4.69, 9.17) is 0 Å². The number of thioether (sulfide) groups is 1. The first kappa shape index (κ1) is 13.5. The van der Waals surface area contributed by atoms with Gasteiger partial charge < -0.3 is 5.32 Å². The Morgan fingerprint density at radius 1 is 1.25 bits per heavy atom. The molecule has 1 rings (SSSR count). The van der Waals surface area contributed by atoms with Crippen LogP contribution in [0.3, 0.4) is 0 Å². The average molecular weight is 241 g/mol. The predicted octanol–water partition coefficient (Wildman–Crippen LogP) is 3.92. The molecular weight excluding hydrogens is 221 g/mol. The van der Waals surface area contributed by atoms with Crippen LogP contribution in [0, 0.1) is 12.7 Å². The number of hydrogen-bond acceptors (Lipinski definition) is 2. The predicted molar refractivity (Wildman–Crippen MR) is 69.6 cm³/mol. The number of rotatable bonds is 4. The maximum Gasteiger partial charge on any atom is 0.126 e. The lowest BCUT2D eigenvalue weighted by atomic mass is 10.1. The summed E-state index contributed by atoms with van der Waals surface area (Å²) in [5, 5.41) is 3.67. The Hall–Kier alpha value is -0.540. The summed E-state index contributed by atoms with van der Waals surface area (Å²) in [7, 11) is 1.90. The van der Waals surface area contributed by atoms with E-state index in [0.717, 1.165) is 11.1 Å². The monoisotopic (exact) mass is 241 g/mol. The quantitative estimate of drug-likeness (QED) is 0.802. The molecule has 0 aliphatic rings. The first-order valence-corrected chi connectivity index (χ1v) is 6.47. The summed E-state index contributed by atoms with van der Waals surface area (Å²) in [6.07, 6.45) is 0. The van der Waals surface area contributed by atoms with Crippen LogP contribution in [0.4, 0.5) is 4.39 Å². The van der Waals surface area contributed by atoms with Crippen molar-refractivity contribution in [2.45, 2.75) is 43.9 Å². The zero-order valence-corrected chi connectivity index (χ0v) is 11.4. The largest absolute Gasteiger partial charge is 0.313 e. The van der Waals surface area contributed by atoms with Gasteiger partial charge >= 0.3 is 0 Å². The number of hydrogen-bond donors (Lipinski definition) is 1. The maximum absolute atomic E-state index is 13.6. The molecule has 0 saturated carbocycles. The second kappa shape index (κ2) is 5.69. The van der Waals surface area contributed by atoms with E-state index < -0.39 is 0 Å². The third-order valence-electron chi connectivity index (χ3n) is 2.55. The molecule has 0 fully saturated rings. The molecule has 0 aromatic heterocycles. The fourth-order valence-corrected chi connectivity index (χ4v) is 2.64. The zero-order chi connectivity index (χ0) is 12.3. The Morgan fingerprint density at radius 3 is 2.38 bits per heavy atom. The van der Waals surface area contributed by atoms with Crippen LogP contribution >= 0.6 is 11.8 Å². The van der Waals surface area contributed by atoms with E-state index in [1.807, 2.05) is 20.0 Å². The van der Waals surface area contributed by atoms with Crippen LogP contribution < -0.4 is 5.32 Å². The molecule has 1 aromatic rings. The number of nitrogens with one attached hydrogen (secondary N) is 1. The molecule has 3 heteroatoms. The number of halogens is 1. The van der Waals surface area contributed by atoms with E-state index in [2.05, 4.69) is 26.1 Å². The van der Waals surface area contributed by atoms with Crippen molar-refractivity contribution >= 4 is 11.8 Å². The minimum Gasteiger partial charge on any atom is -0.313 e. The summed E-state index contributed by atoms with van der Waals surface area (Å²) in [6, 6.07) is 3.78. The smallest absolute Gasteiger partial charge is 0.126 e. The molecule has 0 aliphatic heterocycles. The van der Waals surface area contributed by atoms with Gasteiger partial charge in [-0.05, 0) is 44.2 Å². The second-order valence-corrected chi connectivity index (χ2v) is 5.93. The van der Waals surface area contributed by atoms with Gasteiger partial charge in [-0.2, -0.15) is 0 Å². The van der Waals surface area contributed by atoms with Crippen molar-refractivity contribution in [2.24, 2.45) is 0 Å². The van der Waals surface area contributed by atoms with Crippen molar-refractivity contribution in [1.29, 1.82) is 0 Å². The van der Waals surface area contributed by atoms with E-state index in [1.54, 1.807) is 17.8 Å². The van der Waals surface area contributed by atoms with Gasteiger partial charge in [-0.3, -0.25) is 0 Å². The summed E-state index contributed by atoms with van der Waals surface area (Å²) in [5.74, 6) is -0.120. The van der Waals surface area contributed by atoms with Crippen molar-refractivity contribution in [2.75, 3.05) is 7.05 Å². The highest BCUT2D eigenvalue weighted by molar-refractivity contribution is 8.00. The molecule has 1 unspecified atom stereocenters. The van der Waals surface area contributed by atoms with E-state index >= 15 is 0 Å². The Morgan fingerprint density at radius 2 is 1.88 bits per heavy atom. The highest BCUT2D eigenvalue weighted by Crippen LogP contribution is 2.32. The molecule has 1 aromatic carbocycles. The molecule has 0 heterocycles. The molecule has 0 aliphatic carbocycles.